The molecule has 25 heavy (non-hydrogen) atoms. The Balaban J connectivity index is 2.00. The van der Waals surface area contributed by atoms with Crippen molar-refractivity contribution in [2.45, 2.75) is 25.5 Å². The van der Waals surface area contributed by atoms with E-state index < -0.39 is 13.4 Å². The lowest BCUT2D eigenvalue weighted by Crippen LogP contribution is -2.11. The summed E-state index contributed by atoms with van der Waals surface area (Å²) in [6.45, 7) is 4.17. The first kappa shape index (κ1) is 17.7. The van der Waals surface area contributed by atoms with Gasteiger partial charge in [-0.2, -0.15) is 0 Å². The Morgan fingerprint density at radius 3 is 2.24 bits per heavy atom. The van der Waals surface area contributed by atoms with Gasteiger partial charge in [0.05, 0.1) is 0 Å². The van der Waals surface area contributed by atoms with E-state index in [-0.39, 0.29) is 0 Å². The lowest BCUT2D eigenvalue weighted by atomic mass is 10.0. The Morgan fingerprint density at radius 1 is 0.840 bits per heavy atom. The van der Waals surface area contributed by atoms with Gasteiger partial charge in [0.15, 0.2) is 5.78 Å². The van der Waals surface area contributed by atoms with Crippen LogP contribution in [0.4, 0.5) is 5.69 Å². The third kappa shape index (κ3) is 4.10. The van der Waals surface area contributed by atoms with Gasteiger partial charge in [-0.3, -0.25) is 4.57 Å². The minimum absolute atomic E-state index is 0.343. The van der Waals surface area contributed by atoms with Crippen molar-refractivity contribution in [1.29, 1.82) is 0 Å². The zero-order chi connectivity index (χ0) is 18.0. The zero-order valence-corrected chi connectivity index (χ0v) is 15.1. The molecule has 0 aliphatic heterocycles. The molecule has 3 aromatic carbocycles. The monoisotopic (exact) mass is 355 g/mol. The van der Waals surface area contributed by atoms with Crippen LogP contribution in [0.3, 0.4) is 0 Å². The summed E-state index contributed by atoms with van der Waals surface area (Å²) in [7, 11) is -4.39. The maximum Gasteiger partial charge on any atom is 0.352 e. The number of fused-ring (bicyclic) bond motifs is 1. The van der Waals surface area contributed by atoms with Crippen LogP contribution in [-0.4, -0.2) is 9.79 Å². The molecule has 1 atom stereocenters. The third-order valence-corrected chi connectivity index (χ3v) is 5.38. The van der Waals surface area contributed by atoms with Gasteiger partial charge in [0.1, 0.15) is 0 Å². The average molecular weight is 355 g/mol. The molecule has 0 aliphatic rings. The van der Waals surface area contributed by atoms with Crippen molar-refractivity contribution in [3.05, 3.63) is 77.9 Å². The second kappa shape index (κ2) is 7.01. The molecule has 0 amide bonds. The van der Waals surface area contributed by atoms with E-state index in [9.17, 15) is 14.4 Å². The van der Waals surface area contributed by atoms with Crippen LogP contribution in [0.1, 0.15) is 36.7 Å². The number of rotatable bonds is 5. The molecule has 0 heterocycles. The molecule has 5 heteroatoms. The maximum absolute atomic E-state index is 12.1. The molecule has 3 N–H and O–H groups in total. The SMILES string of the molecule is CC(C)c1cccc(NC(c2ccc3ccccc3c2)P(=O)(O)O)c1. The summed E-state index contributed by atoms with van der Waals surface area (Å²) in [5.74, 6) is -0.740. The van der Waals surface area contributed by atoms with Crippen LogP contribution < -0.4 is 5.32 Å². The van der Waals surface area contributed by atoms with E-state index >= 15 is 0 Å². The number of nitrogens with one attached hydrogen (secondary N) is 1. The Morgan fingerprint density at radius 2 is 1.56 bits per heavy atom. The van der Waals surface area contributed by atoms with Crippen molar-refractivity contribution in [1.82, 2.24) is 0 Å². The Bertz CT molecular complexity index is 933. The Kier molecular flexibility index (Phi) is 4.96. The predicted molar refractivity (Wildman–Crippen MR) is 103 cm³/mol. The highest BCUT2D eigenvalue weighted by Crippen LogP contribution is 2.52. The van der Waals surface area contributed by atoms with Crippen LogP contribution in [0.25, 0.3) is 10.8 Å². The highest BCUT2D eigenvalue weighted by molar-refractivity contribution is 7.52. The number of hydrogen-bond donors (Lipinski definition) is 3. The molecule has 3 aromatic rings. The van der Waals surface area contributed by atoms with Gasteiger partial charge < -0.3 is 15.1 Å². The molecular formula is C20H22NO3P. The van der Waals surface area contributed by atoms with Gasteiger partial charge in [-0.05, 0) is 46.0 Å². The van der Waals surface area contributed by atoms with Gasteiger partial charge in [0.25, 0.3) is 0 Å². The van der Waals surface area contributed by atoms with Gasteiger partial charge in [-0.15, -0.1) is 0 Å². The van der Waals surface area contributed by atoms with Gasteiger partial charge in [0.2, 0.25) is 0 Å². The second-order valence-electron chi connectivity index (χ2n) is 6.52. The summed E-state index contributed by atoms with van der Waals surface area (Å²) < 4.78 is 12.1. The van der Waals surface area contributed by atoms with Crippen molar-refractivity contribution in [2.75, 3.05) is 5.32 Å². The summed E-state index contributed by atoms with van der Waals surface area (Å²) in [6, 6.07) is 20.9. The van der Waals surface area contributed by atoms with E-state index in [2.05, 4.69) is 19.2 Å². The summed E-state index contributed by atoms with van der Waals surface area (Å²) in [5.41, 5.74) is 2.39. The fraction of sp³-hybridized carbons (Fsp3) is 0.200. The minimum Gasteiger partial charge on any atom is -0.368 e. The van der Waals surface area contributed by atoms with Crippen molar-refractivity contribution in [3.8, 4) is 0 Å². The van der Waals surface area contributed by atoms with Gasteiger partial charge >= 0.3 is 7.60 Å². The van der Waals surface area contributed by atoms with Crippen molar-refractivity contribution in [3.63, 3.8) is 0 Å². The smallest absolute Gasteiger partial charge is 0.352 e. The second-order valence-corrected chi connectivity index (χ2v) is 8.22. The van der Waals surface area contributed by atoms with Crippen LogP contribution in [0.2, 0.25) is 0 Å². The Hall–Kier alpha value is -2.13. The number of benzene rings is 3. The number of hydrogen-bond acceptors (Lipinski definition) is 2. The van der Waals surface area contributed by atoms with E-state index in [0.717, 1.165) is 16.3 Å². The van der Waals surface area contributed by atoms with E-state index in [1.807, 2.05) is 60.7 Å². The van der Waals surface area contributed by atoms with Gasteiger partial charge in [-0.1, -0.05) is 62.4 Å². The molecule has 0 fully saturated rings. The van der Waals surface area contributed by atoms with Crippen LogP contribution in [0.5, 0.6) is 0 Å². The molecule has 1 unspecified atom stereocenters. The first-order chi connectivity index (χ1) is 11.8. The first-order valence-corrected chi connectivity index (χ1v) is 9.93. The molecule has 0 saturated carbocycles. The standard InChI is InChI=1S/C20H22NO3P/c1-14(2)16-8-5-9-19(13-16)21-20(25(22,23)24)18-11-10-15-6-3-4-7-17(15)12-18/h3-14,20-21H,1-2H3,(H2,22,23,24). The van der Waals surface area contributed by atoms with Crippen LogP contribution in [0.15, 0.2) is 66.7 Å². The van der Waals surface area contributed by atoms with Crippen molar-refractivity contribution < 1.29 is 14.4 Å². The van der Waals surface area contributed by atoms with E-state index in [0.29, 0.717) is 17.2 Å². The van der Waals surface area contributed by atoms with Crippen molar-refractivity contribution >= 4 is 24.1 Å². The molecule has 130 valence electrons. The van der Waals surface area contributed by atoms with E-state index in [1.165, 1.54) is 0 Å². The lowest BCUT2D eigenvalue weighted by molar-refractivity contribution is 0.363. The normalized spacial score (nSPS) is 13.2. The van der Waals surface area contributed by atoms with Crippen LogP contribution >= 0.6 is 7.60 Å². The molecule has 0 bridgehead atoms. The summed E-state index contributed by atoms with van der Waals surface area (Å²) in [5, 5.41) is 5.03. The van der Waals surface area contributed by atoms with Crippen molar-refractivity contribution in [2.24, 2.45) is 0 Å². The summed E-state index contributed by atoms with van der Waals surface area (Å²) in [6.07, 6.45) is 0. The zero-order valence-electron chi connectivity index (χ0n) is 14.3. The number of anilines is 1. The third-order valence-electron chi connectivity index (χ3n) is 4.28. The molecule has 0 saturated heterocycles. The van der Waals surface area contributed by atoms with Gasteiger partial charge in [0, 0.05) is 5.69 Å². The molecule has 0 aromatic heterocycles. The molecule has 3 rings (SSSR count). The van der Waals surface area contributed by atoms with Gasteiger partial charge in [-0.25, -0.2) is 0 Å². The average Bonchev–Trinajstić information content (AvgIpc) is 2.58. The fourth-order valence-electron chi connectivity index (χ4n) is 2.88. The predicted octanol–water partition coefficient (Wildman–Crippen LogP) is 5.25. The molecule has 0 radical (unpaired) electrons. The van der Waals surface area contributed by atoms with E-state index in [1.54, 1.807) is 6.07 Å². The fourth-order valence-corrected chi connectivity index (χ4v) is 3.75. The summed E-state index contributed by atoms with van der Waals surface area (Å²) >= 11 is 0. The highest BCUT2D eigenvalue weighted by Gasteiger charge is 2.30. The lowest BCUT2D eigenvalue weighted by Gasteiger charge is -2.22. The highest BCUT2D eigenvalue weighted by atomic mass is 31.2. The van der Waals surface area contributed by atoms with E-state index in [4.69, 9.17) is 0 Å². The molecule has 0 aliphatic carbocycles. The van der Waals surface area contributed by atoms with Crippen LogP contribution in [0, 0.1) is 0 Å². The topological polar surface area (TPSA) is 69.6 Å². The molecule has 0 spiro atoms. The molecular weight excluding hydrogens is 333 g/mol. The molecule has 4 nitrogen and oxygen atoms in total. The minimum atomic E-state index is -4.39. The quantitative estimate of drug-likeness (QED) is 0.547. The van der Waals surface area contributed by atoms with Crippen LogP contribution in [-0.2, 0) is 4.57 Å². The maximum atomic E-state index is 12.1. The largest absolute Gasteiger partial charge is 0.368 e. The summed E-state index contributed by atoms with van der Waals surface area (Å²) in [4.78, 5) is 19.8. The Labute approximate surface area is 147 Å². The first-order valence-electron chi connectivity index (χ1n) is 8.25.